The molecule has 0 fully saturated rings. The molecular weight excluding hydrogens is 438 g/mol. The number of hydrogen-bond acceptors (Lipinski definition) is 4. The summed E-state index contributed by atoms with van der Waals surface area (Å²) in [7, 11) is 0. The van der Waals surface area contributed by atoms with E-state index in [1.807, 2.05) is 60.7 Å². The maximum absolute atomic E-state index is 12.2. The summed E-state index contributed by atoms with van der Waals surface area (Å²) in [5, 5.41) is 2.94. The van der Waals surface area contributed by atoms with E-state index in [0.29, 0.717) is 25.3 Å². The lowest BCUT2D eigenvalue weighted by Crippen LogP contribution is -2.31. The first-order chi connectivity index (χ1) is 17.2. The molecule has 1 aromatic heterocycles. The van der Waals surface area contributed by atoms with E-state index in [0.717, 1.165) is 48.4 Å². The first-order valence-corrected chi connectivity index (χ1v) is 12.3. The van der Waals surface area contributed by atoms with Gasteiger partial charge < -0.3 is 19.4 Å². The van der Waals surface area contributed by atoms with Crippen molar-refractivity contribution in [1.29, 1.82) is 0 Å². The summed E-state index contributed by atoms with van der Waals surface area (Å²) < 4.78 is 13.7. The van der Waals surface area contributed by atoms with Crippen molar-refractivity contribution in [1.82, 2.24) is 14.9 Å². The Morgan fingerprint density at radius 3 is 2.43 bits per heavy atom. The predicted octanol–water partition coefficient (Wildman–Crippen LogP) is 5.20. The van der Waals surface area contributed by atoms with Crippen molar-refractivity contribution in [3.63, 3.8) is 0 Å². The summed E-state index contributed by atoms with van der Waals surface area (Å²) in [4.78, 5) is 17.0. The number of imidazole rings is 1. The molecule has 0 aliphatic carbocycles. The van der Waals surface area contributed by atoms with Crippen molar-refractivity contribution in [2.75, 3.05) is 19.8 Å². The Balaban J connectivity index is 1.25. The Morgan fingerprint density at radius 2 is 1.63 bits per heavy atom. The lowest BCUT2D eigenvalue weighted by Gasteiger charge is -2.11. The zero-order chi connectivity index (χ0) is 24.3. The minimum absolute atomic E-state index is 0.00159. The number of para-hydroxylation sites is 3. The molecule has 3 aromatic carbocycles. The molecule has 0 aliphatic rings. The van der Waals surface area contributed by atoms with Crippen molar-refractivity contribution < 1.29 is 14.3 Å². The number of fused-ring (bicyclic) bond motifs is 1. The number of aromatic nitrogens is 2. The number of hydrogen-bond donors (Lipinski definition) is 1. The minimum Gasteiger partial charge on any atom is -0.494 e. The molecule has 0 radical (unpaired) electrons. The van der Waals surface area contributed by atoms with Gasteiger partial charge in [0.25, 0.3) is 5.91 Å². The van der Waals surface area contributed by atoms with Gasteiger partial charge in [0.1, 0.15) is 17.3 Å². The van der Waals surface area contributed by atoms with Crippen LogP contribution in [0.2, 0.25) is 0 Å². The van der Waals surface area contributed by atoms with E-state index >= 15 is 0 Å². The molecule has 6 nitrogen and oxygen atoms in total. The molecule has 4 rings (SSSR count). The van der Waals surface area contributed by atoms with Crippen molar-refractivity contribution >= 4 is 16.9 Å². The first kappa shape index (κ1) is 24.3. The molecule has 0 spiro atoms. The topological polar surface area (TPSA) is 65.4 Å². The Bertz CT molecular complexity index is 1200. The van der Waals surface area contributed by atoms with E-state index in [-0.39, 0.29) is 12.5 Å². The second-order valence-corrected chi connectivity index (χ2v) is 8.42. The smallest absolute Gasteiger partial charge is 0.257 e. The largest absolute Gasteiger partial charge is 0.494 e. The highest BCUT2D eigenvalue weighted by molar-refractivity contribution is 5.77. The molecule has 0 aliphatic heterocycles. The summed E-state index contributed by atoms with van der Waals surface area (Å²) >= 11 is 0. The molecule has 0 atom stereocenters. The maximum Gasteiger partial charge on any atom is 0.257 e. The highest BCUT2D eigenvalue weighted by atomic mass is 16.5. The fourth-order valence-electron chi connectivity index (χ4n) is 3.98. The van der Waals surface area contributed by atoms with Crippen LogP contribution in [0.3, 0.4) is 0 Å². The molecule has 1 heterocycles. The van der Waals surface area contributed by atoms with Gasteiger partial charge in [-0.3, -0.25) is 4.79 Å². The fraction of sp³-hybridized carbons (Fsp3) is 0.310. The number of carbonyl (C=O) groups excluding carboxylic acids is 1. The van der Waals surface area contributed by atoms with Gasteiger partial charge in [0.2, 0.25) is 0 Å². The maximum atomic E-state index is 12.2. The average Bonchev–Trinajstić information content (AvgIpc) is 3.25. The second-order valence-electron chi connectivity index (χ2n) is 8.42. The Morgan fingerprint density at radius 1 is 0.886 bits per heavy atom. The normalized spacial score (nSPS) is 10.9. The number of unbranched alkanes of at least 4 members (excludes halogenated alkanes) is 1. The van der Waals surface area contributed by atoms with E-state index in [4.69, 9.17) is 14.5 Å². The zero-order valence-corrected chi connectivity index (χ0v) is 20.3. The van der Waals surface area contributed by atoms with Crippen LogP contribution in [-0.4, -0.2) is 35.2 Å². The molecule has 35 heavy (non-hydrogen) atoms. The van der Waals surface area contributed by atoms with Crippen molar-refractivity contribution in [2.45, 2.75) is 39.2 Å². The number of carbonyl (C=O) groups is 1. The minimum atomic E-state index is -0.138. The third-order valence-corrected chi connectivity index (χ3v) is 5.89. The third kappa shape index (κ3) is 7.09. The number of amides is 1. The molecule has 6 heteroatoms. The number of aryl methyl sites for hydroxylation is 2. The molecule has 182 valence electrons. The van der Waals surface area contributed by atoms with Crippen LogP contribution in [-0.2, 0) is 24.2 Å². The molecule has 0 unspecified atom stereocenters. The SMILES string of the molecule is CCc1ccc(OCCCCn2c(CCNC(=O)COc3ccccc3)nc3ccccc32)cc1. The van der Waals surface area contributed by atoms with Crippen molar-refractivity contribution in [3.8, 4) is 11.5 Å². The zero-order valence-electron chi connectivity index (χ0n) is 20.3. The lowest BCUT2D eigenvalue weighted by atomic mass is 10.2. The highest BCUT2D eigenvalue weighted by Crippen LogP contribution is 2.18. The summed E-state index contributed by atoms with van der Waals surface area (Å²) in [5.74, 6) is 2.45. The van der Waals surface area contributed by atoms with Crippen molar-refractivity contribution in [3.05, 3.63) is 90.3 Å². The Hall–Kier alpha value is -3.80. The fourth-order valence-corrected chi connectivity index (χ4v) is 3.98. The van der Waals surface area contributed by atoms with Gasteiger partial charge in [0, 0.05) is 19.5 Å². The summed E-state index contributed by atoms with van der Waals surface area (Å²) in [6.07, 6.45) is 3.63. The van der Waals surface area contributed by atoms with E-state index in [1.165, 1.54) is 5.56 Å². The van der Waals surface area contributed by atoms with Gasteiger partial charge in [-0.1, -0.05) is 49.4 Å². The quantitative estimate of drug-likeness (QED) is 0.272. The van der Waals surface area contributed by atoms with Crippen LogP contribution in [0.1, 0.15) is 31.2 Å². The number of rotatable bonds is 13. The van der Waals surface area contributed by atoms with Gasteiger partial charge in [-0.05, 0) is 61.2 Å². The van der Waals surface area contributed by atoms with Gasteiger partial charge in [-0.2, -0.15) is 0 Å². The molecule has 1 amide bonds. The lowest BCUT2D eigenvalue weighted by molar-refractivity contribution is -0.123. The van der Waals surface area contributed by atoms with Crippen LogP contribution >= 0.6 is 0 Å². The number of benzene rings is 3. The van der Waals surface area contributed by atoms with Crippen LogP contribution in [0.4, 0.5) is 0 Å². The highest BCUT2D eigenvalue weighted by Gasteiger charge is 2.11. The monoisotopic (exact) mass is 471 g/mol. The van der Waals surface area contributed by atoms with Gasteiger partial charge >= 0.3 is 0 Å². The second kappa shape index (κ2) is 12.6. The van der Waals surface area contributed by atoms with Crippen LogP contribution < -0.4 is 14.8 Å². The number of nitrogens with one attached hydrogen (secondary N) is 1. The van der Waals surface area contributed by atoms with Crippen LogP contribution in [0.15, 0.2) is 78.9 Å². The van der Waals surface area contributed by atoms with Crippen LogP contribution in [0.5, 0.6) is 11.5 Å². The molecule has 4 aromatic rings. The van der Waals surface area contributed by atoms with E-state index in [2.05, 4.69) is 35.0 Å². The molecule has 0 bridgehead atoms. The van der Waals surface area contributed by atoms with Crippen LogP contribution in [0.25, 0.3) is 11.0 Å². The van der Waals surface area contributed by atoms with Gasteiger partial charge in [0.15, 0.2) is 6.61 Å². The molecule has 1 N–H and O–H groups in total. The average molecular weight is 472 g/mol. The molecule has 0 saturated heterocycles. The third-order valence-electron chi connectivity index (χ3n) is 5.89. The van der Waals surface area contributed by atoms with Gasteiger partial charge in [-0.15, -0.1) is 0 Å². The van der Waals surface area contributed by atoms with E-state index < -0.39 is 0 Å². The number of nitrogens with zero attached hydrogens (tertiary/aromatic N) is 2. The van der Waals surface area contributed by atoms with Gasteiger partial charge in [-0.25, -0.2) is 4.98 Å². The first-order valence-electron chi connectivity index (χ1n) is 12.3. The Labute approximate surface area is 206 Å². The standard InChI is InChI=1S/C29H33N3O3/c1-2-23-14-16-25(17-15-23)34-21-9-8-20-32-27-13-7-6-12-26(27)31-28(32)18-19-30-29(33)22-35-24-10-4-3-5-11-24/h3-7,10-17H,2,8-9,18-22H2,1H3,(H,30,33). The Kier molecular flexibility index (Phi) is 8.76. The molecular formula is C29H33N3O3. The predicted molar refractivity (Wildman–Crippen MR) is 139 cm³/mol. The van der Waals surface area contributed by atoms with E-state index in [9.17, 15) is 4.79 Å². The molecule has 0 saturated carbocycles. The summed E-state index contributed by atoms with van der Waals surface area (Å²) in [6, 6.07) is 25.8. The van der Waals surface area contributed by atoms with Crippen LogP contribution in [0, 0.1) is 0 Å². The summed E-state index contributed by atoms with van der Waals surface area (Å²) in [6.45, 7) is 4.21. The van der Waals surface area contributed by atoms with E-state index in [1.54, 1.807) is 0 Å². The summed E-state index contributed by atoms with van der Waals surface area (Å²) in [5.41, 5.74) is 3.42. The number of ether oxygens (including phenoxy) is 2. The van der Waals surface area contributed by atoms with Gasteiger partial charge in [0.05, 0.1) is 17.6 Å². The van der Waals surface area contributed by atoms with Crippen molar-refractivity contribution in [2.24, 2.45) is 0 Å².